The van der Waals surface area contributed by atoms with Crippen molar-refractivity contribution in [1.82, 2.24) is 14.4 Å². The summed E-state index contributed by atoms with van der Waals surface area (Å²) < 4.78 is 12.8. The minimum Gasteiger partial charge on any atom is -0.444 e. The molecule has 3 aliphatic heterocycles. The number of hydrogen-bond donors (Lipinski definition) is 1. The first kappa shape index (κ1) is 27.5. The van der Waals surface area contributed by atoms with Crippen molar-refractivity contribution in [2.24, 2.45) is 0 Å². The van der Waals surface area contributed by atoms with E-state index in [9.17, 15) is 19.5 Å². The van der Waals surface area contributed by atoms with E-state index in [1.165, 1.54) is 4.57 Å². The fourth-order valence-corrected chi connectivity index (χ4v) is 6.41. The smallest absolute Gasteiger partial charge is 0.410 e. The molecule has 2 saturated heterocycles. The Morgan fingerprint density at radius 3 is 2.46 bits per heavy atom. The number of ether oxygens (including phenoxy) is 2. The van der Waals surface area contributed by atoms with Gasteiger partial charge < -0.3 is 24.0 Å². The van der Waals surface area contributed by atoms with Crippen LogP contribution < -0.4 is 5.56 Å². The Balaban J connectivity index is 1.24. The van der Waals surface area contributed by atoms with Gasteiger partial charge in [0.2, 0.25) is 0 Å². The number of pyridine rings is 1. The fourth-order valence-electron chi connectivity index (χ4n) is 6.41. The summed E-state index contributed by atoms with van der Waals surface area (Å²) in [5.74, 6) is -0.0258. The third-order valence-corrected chi connectivity index (χ3v) is 8.44. The Morgan fingerprint density at radius 2 is 1.76 bits per heavy atom. The van der Waals surface area contributed by atoms with E-state index in [-0.39, 0.29) is 30.1 Å². The predicted octanol–water partition coefficient (Wildman–Crippen LogP) is 3.73. The molecule has 0 spiro atoms. The third-order valence-electron chi connectivity index (χ3n) is 8.44. The van der Waals surface area contributed by atoms with Crippen LogP contribution in [-0.4, -0.2) is 74.5 Å². The minimum absolute atomic E-state index is 0.0126. The van der Waals surface area contributed by atoms with Gasteiger partial charge in [0.15, 0.2) is 0 Å². The molecule has 2 aromatic carbocycles. The average Bonchev–Trinajstić information content (AvgIpc) is 3.19. The Bertz CT molecular complexity index is 1530. The van der Waals surface area contributed by atoms with Crippen LogP contribution in [0.2, 0.25) is 0 Å². The first-order chi connectivity index (χ1) is 19.6. The number of rotatable bonds is 4. The highest BCUT2D eigenvalue weighted by molar-refractivity contribution is 5.99. The van der Waals surface area contributed by atoms with Crippen LogP contribution in [0.15, 0.2) is 59.5 Å². The summed E-state index contributed by atoms with van der Waals surface area (Å²) in [4.78, 5) is 43.5. The quantitative estimate of drug-likeness (QED) is 0.523. The van der Waals surface area contributed by atoms with Gasteiger partial charge in [-0.15, -0.1) is 0 Å². The highest BCUT2D eigenvalue weighted by atomic mass is 16.6. The van der Waals surface area contributed by atoms with Crippen LogP contribution in [0.5, 0.6) is 0 Å². The zero-order chi connectivity index (χ0) is 28.9. The second-order valence-corrected chi connectivity index (χ2v) is 12.4. The number of morpholine rings is 1. The Labute approximate surface area is 239 Å². The van der Waals surface area contributed by atoms with E-state index in [0.717, 1.165) is 24.0 Å². The maximum Gasteiger partial charge on any atom is 0.410 e. The number of aliphatic hydroxyl groups excluding tert-OH is 1. The van der Waals surface area contributed by atoms with Crippen LogP contribution in [0.4, 0.5) is 4.79 Å². The molecule has 1 aromatic heterocycles. The van der Waals surface area contributed by atoms with Gasteiger partial charge in [0, 0.05) is 23.7 Å². The summed E-state index contributed by atoms with van der Waals surface area (Å²) in [6, 6.07) is 14.5. The molecule has 2 unspecified atom stereocenters. The van der Waals surface area contributed by atoms with Crippen molar-refractivity contribution in [3.05, 3.63) is 81.8 Å². The predicted molar refractivity (Wildman–Crippen MR) is 154 cm³/mol. The SMILES string of the molecule is CC(C)(C)OC(=O)N1Cc2ccccc2C[C@H]1[C@H](O)Cn1ccc2cc(C(=O)N3C4CCC3COC4)ccc2c1=O. The number of aliphatic hydroxyl groups is 1. The molecule has 0 radical (unpaired) electrons. The molecule has 9 nitrogen and oxygen atoms in total. The molecular weight excluding hydrogens is 522 g/mol. The first-order valence-corrected chi connectivity index (χ1v) is 14.4. The number of benzene rings is 2. The van der Waals surface area contributed by atoms with E-state index in [2.05, 4.69) is 0 Å². The molecule has 41 heavy (non-hydrogen) atoms. The average molecular weight is 560 g/mol. The first-order valence-electron chi connectivity index (χ1n) is 14.4. The molecule has 2 bridgehead atoms. The lowest BCUT2D eigenvalue weighted by Gasteiger charge is -2.40. The maximum absolute atomic E-state index is 13.5. The fraction of sp³-hybridized carbons (Fsp3) is 0.469. The molecule has 216 valence electrons. The second-order valence-electron chi connectivity index (χ2n) is 12.4. The van der Waals surface area contributed by atoms with Crippen molar-refractivity contribution in [2.75, 3.05) is 13.2 Å². The summed E-state index contributed by atoms with van der Waals surface area (Å²) in [7, 11) is 0. The largest absolute Gasteiger partial charge is 0.444 e. The van der Waals surface area contributed by atoms with Gasteiger partial charge >= 0.3 is 6.09 Å². The zero-order valence-electron chi connectivity index (χ0n) is 23.8. The Hall–Kier alpha value is -3.69. The van der Waals surface area contributed by atoms with E-state index in [1.54, 1.807) is 35.4 Å². The van der Waals surface area contributed by atoms with Gasteiger partial charge in [-0.25, -0.2) is 4.79 Å². The van der Waals surface area contributed by atoms with E-state index in [4.69, 9.17) is 9.47 Å². The normalized spacial score (nSPS) is 22.9. The lowest BCUT2D eigenvalue weighted by Crippen LogP contribution is -2.53. The van der Waals surface area contributed by atoms with E-state index >= 15 is 0 Å². The molecule has 6 rings (SSSR count). The van der Waals surface area contributed by atoms with Gasteiger partial charge in [-0.1, -0.05) is 24.3 Å². The second kappa shape index (κ2) is 10.6. The van der Waals surface area contributed by atoms with Crippen LogP contribution in [-0.2, 0) is 29.0 Å². The summed E-state index contributed by atoms with van der Waals surface area (Å²) in [6.45, 7) is 6.91. The summed E-state index contributed by atoms with van der Waals surface area (Å²) in [5, 5.41) is 12.6. The Morgan fingerprint density at radius 1 is 1.05 bits per heavy atom. The van der Waals surface area contributed by atoms with Crippen molar-refractivity contribution in [2.45, 2.75) is 83.0 Å². The number of carbonyl (C=O) groups excluding carboxylic acids is 2. The van der Waals surface area contributed by atoms with Crippen molar-refractivity contribution in [1.29, 1.82) is 0 Å². The molecule has 0 saturated carbocycles. The van der Waals surface area contributed by atoms with Gasteiger partial charge in [-0.2, -0.15) is 0 Å². The van der Waals surface area contributed by atoms with Crippen molar-refractivity contribution < 1.29 is 24.2 Å². The summed E-state index contributed by atoms with van der Waals surface area (Å²) >= 11 is 0. The third kappa shape index (κ3) is 5.36. The van der Waals surface area contributed by atoms with Gasteiger partial charge in [0.25, 0.3) is 11.5 Å². The topological polar surface area (TPSA) is 101 Å². The number of aromatic nitrogens is 1. The Kier molecular flexibility index (Phi) is 7.11. The number of amides is 2. The van der Waals surface area contributed by atoms with Gasteiger partial charge in [-0.05, 0) is 80.8 Å². The zero-order valence-corrected chi connectivity index (χ0v) is 23.8. The minimum atomic E-state index is -1.01. The standard InChI is InChI=1S/C32H37N3O6/c1-32(2,3)41-31(39)34-16-23-7-5-4-6-20(23)15-27(34)28(36)17-33-13-12-21-14-22(8-11-26(21)30(33)38)29(37)35-24-9-10-25(35)19-40-18-24/h4-8,11-14,24-25,27-28,36H,9-10,15-19H2,1-3H3/t24?,25?,27-,28+/m0/s1. The van der Waals surface area contributed by atoms with Gasteiger partial charge in [0.05, 0.1) is 44.0 Å². The van der Waals surface area contributed by atoms with Crippen LogP contribution in [0, 0.1) is 0 Å². The molecule has 2 fully saturated rings. The molecule has 2 amide bonds. The van der Waals surface area contributed by atoms with Crippen LogP contribution in [0.25, 0.3) is 10.8 Å². The lowest BCUT2D eigenvalue weighted by molar-refractivity contribution is -0.0154. The molecule has 4 heterocycles. The van der Waals surface area contributed by atoms with Crippen molar-refractivity contribution >= 4 is 22.8 Å². The maximum atomic E-state index is 13.5. The summed E-state index contributed by atoms with van der Waals surface area (Å²) in [5.41, 5.74) is 1.70. The molecule has 3 aromatic rings. The molecule has 9 heteroatoms. The number of carbonyl (C=O) groups is 2. The van der Waals surface area contributed by atoms with E-state index < -0.39 is 23.8 Å². The lowest BCUT2D eigenvalue weighted by atomic mass is 9.91. The van der Waals surface area contributed by atoms with Crippen LogP contribution in [0.3, 0.4) is 0 Å². The molecule has 3 aliphatic rings. The summed E-state index contributed by atoms with van der Waals surface area (Å²) in [6.07, 6.45) is 2.50. The van der Waals surface area contributed by atoms with E-state index in [0.29, 0.717) is 42.5 Å². The number of fused-ring (bicyclic) bond motifs is 4. The molecule has 4 atom stereocenters. The van der Waals surface area contributed by atoms with Gasteiger partial charge in [0.1, 0.15) is 5.60 Å². The van der Waals surface area contributed by atoms with Gasteiger partial charge in [-0.3, -0.25) is 14.5 Å². The van der Waals surface area contributed by atoms with Crippen LogP contribution >= 0.6 is 0 Å². The molecular formula is C32H37N3O6. The molecule has 1 N–H and O–H groups in total. The number of nitrogens with zero attached hydrogens (tertiary/aromatic N) is 3. The number of hydrogen-bond acceptors (Lipinski definition) is 6. The highest BCUT2D eigenvalue weighted by Crippen LogP contribution is 2.31. The van der Waals surface area contributed by atoms with Crippen molar-refractivity contribution in [3.63, 3.8) is 0 Å². The van der Waals surface area contributed by atoms with E-state index in [1.807, 2.05) is 49.9 Å². The van der Waals surface area contributed by atoms with Crippen molar-refractivity contribution in [3.8, 4) is 0 Å². The highest BCUT2D eigenvalue weighted by Gasteiger charge is 2.41. The molecule has 0 aliphatic carbocycles. The monoisotopic (exact) mass is 559 g/mol. The van der Waals surface area contributed by atoms with Crippen LogP contribution in [0.1, 0.15) is 55.1 Å².